The number of ketones is 1. The van der Waals surface area contributed by atoms with Crippen LogP contribution in [0.3, 0.4) is 0 Å². The summed E-state index contributed by atoms with van der Waals surface area (Å²) in [4.78, 5) is 11.7. The molecule has 0 spiro atoms. The summed E-state index contributed by atoms with van der Waals surface area (Å²) in [6.07, 6.45) is 3.89. The molecule has 2 heteroatoms. The van der Waals surface area contributed by atoms with Crippen LogP contribution in [0.5, 0.6) is 0 Å². The minimum absolute atomic E-state index is 0.264. The van der Waals surface area contributed by atoms with Crippen LogP contribution in [0.25, 0.3) is 0 Å². The van der Waals surface area contributed by atoms with Crippen molar-refractivity contribution in [1.82, 2.24) is 0 Å². The molecule has 5 atom stereocenters. The molecule has 4 rings (SSSR count). The van der Waals surface area contributed by atoms with Crippen LogP contribution in [0.4, 0.5) is 0 Å². The average molecular weight is 166 g/mol. The van der Waals surface area contributed by atoms with Crippen molar-refractivity contribution in [3.05, 3.63) is 0 Å². The summed E-state index contributed by atoms with van der Waals surface area (Å²) in [6.45, 7) is 0. The molecule has 0 amide bonds. The summed E-state index contributed by atoms with van der Waals surface area (Å²) in [5.41, 5.74) is 0. The van der Waals surface area contributed by atoms with E-state index in [0.29, 0.717) is 23.5 Å². The van der Waals surface area contributed by atoms with E-state index in [0.717, 1.165) is 6.42 Å². The van der Waals surface area contributed by atoms with Crippen LogP contribution in [0, 0.1) is 23.7 Å². The van der Waals surface area contributed by atoms with Crippen molar-refractivity contribution in [2.75, 3.05) is 7.11 Å². The lowest BCUT2D eigenvalue weighted by molar-refractivity contribution is -0.140. The zero-order chi connectivity index (χ0) is 8.29. The Balaban J connectivity index is 1.97. The lowest BCUT2D eigenvalue weighted by Crippen LogP contribution is -2.45. The molecule has 4 fully saturated rings. The van der Waals surface area contributed by atoms with Crippen molar-refractivity contribution in [2.45, 2.75) is 25.4 Å². The van der Waals surface area contributed by atoms with Crippen molar-refractivity contribution >= 4 is 5.78 Å². The van der Waals surface area contributed by atoms with Crippen LogP contribution in [-0.2, 0) is 9.53 Å². The lowest BCUT2D eigenvalue weighted by atomic mass is 9.68. The number of carbonyl (C=O) groups excluding carboxylic acids is 1. The summed E-state index contributed by atoms with van der Waals surface area (Å²) < 4.78 is 5.37. The number of rotatable bonds is 1. The topological polar surface area (TPSA) is 26.3 Å². The number of Topliss-reactive ketones (excluding diaryl/α,β-unsaturated/α-hetero) is 1. The molecule has 12 heavy (non-hydrogen) atoms. The Morgan fingerprint density at radius 1 is 1.25 bits per heavy atom. The standard InChI is InChI=1S/C10H14O2/c1-12-8-4-5-2-6-3-7(5)10(11)9(6)8/h5-9H,2-4H2,1H3/t5-,6-,7-,8?,9+/m1/s1. The van der Waals surface area contributed by atoms with E-state index in [1.807, 2.05) is 0 Å². The monoisotopic (exact) mass is 166 g/mol. The first-order chi connectivity index (χ1) is 5.81. The lowest BCUT2D eigenvalue weighted by Gasteiger charge is -2.39. The van der Waals surface area contributed by atoms with E-state index in [4.69, 9.17) is 4.74 Å². The smallest absolute Gasteiger partial charge is 0.142 e. The van der Waals surface area contributed by atoms with Gasteiger partial charge in [0.05, 0.1) is 6.10 Å². The predicted octanol–water partition coefficient (Wildman–Crippen LogP) is 1.25. The SMILES string of the molecule is COC1C[C@H]2C[C@@H]3C[C@H]2C(=O)[C@H]13. The molecular weight excluding hydrogens is 152 g/mol. The second kappa shape index (κ2) is 2.11. The van der Waals surface area contributed by atoms with E-state index in [1.165, 1.54) is 12.8 Å². The van der Waals surface area contributed by atoms with Crippen LogP contribution in [0.2, 0.25) is 0 Å². The third-order valence-corrected chi connectivity index (χ3v) is 4.17. The molecule has 0 aromatic rings. The predicted molar refractivity (Wildman–Crippen MR) is 43.6 cm³/mol. The van der Waals surface area contributed by atoms with Crippen molar-refractivity contribution in [2.24, 2.45) is 23.7 Å². The fourth-order valence-corrected chi connectivity index (χ4v) is 3.72. The number of ether oxygens (including phenoxy) is 1. The molecule has 4 aliphatic carbocycles. The Morgan fingerprint density at radius 3 is 2.67 bits per heavy atom. The first kappa shape index (κ1) is 7.07. The van der Waals surface area contributed by atoms with E-state index in [1.54, 1.807) is 7.11 Å². The van der Waals surface area contributed by atoms with E-state index < -0.39 is 0 Å². The quantitative estimate of drug-likeness (QED) is 0.586. The number of carbonyl (C=O) groups is 1. The summed E-state index contributed by atoms with van der Waals surface area (Å²) in [6, 6.07) is 0. The zero-order valence-electron chi connectivity index (χ0n) is 7.32. The van der Waals surface area contributed by atoms with Crippen LogP contribution in [0.1, 0.15) is 19.3 Å². The Morgan fingerprint density at radius 2 is 2.08 bits per heavy atom. The van der Waals surface area contributed by atoms with E-state index in [9.17, 15) is 4.79 Å². The van der Waals surface area contributed by atoms with Gasteiger partial charge < -0.3 is 4.74 Å². The summed E-state index contributed by atoms with van der Waals surface area (Å²) >= 11 is 0. The molecular formula is C10H14O2. The fraction of sp³-hybridized carbons (Fsp3) is 0.900. The highest BCUT2D eigenvalue weighted by molar-refractivity contribution is 5.88. The van der Waals surface area contributed by atoms with Gasteiger partial charge in [0.1, 0.15) is 5.78 Å². The van der Waals surface area contributed by atoms with Gasteiger partial charge in [0.25, 0.3) is 0 Å². The second-order valence-electron chi connectivity index (χ2n) is 4.54. The largest absolute Gasteiger partial charge is 0.381 e. The Bertz CT molecular complexity index is 236. The fourth-order valence-electron chi connectivity index (χ4n) is 3.72. The Labute approximate surface area is 72.3 Å². The minimum Gasteiger partial charge on any atom is -0.381 e. The van der Waals surface area contributed by atoms with Gasteiger partial charge in [0.15, 0.2) is 0 Å². The van der Waals surface area contributed by atoms with Gasteiger partial charge in [-0.05, 0) is 31.1 Å². The number of fused-ring (bicyclic) bond motifs is 1. The van der Waals surface area contributed by atoms with Crippen molar-refractivity contribution in [3.8, 4) is 0 Å². The molecule has 4 saturated carbocycles. The van der Waals surface area contributed by atoms with Crippen LogP contribution in [-0.4, -0.2) is 19.0 Å². The first-order valence-corrected chi connectivity index (χ1v) is 4.87. The molecule has 0 aromatic heterocycles. The Hall–Kier alpha value is -0.370. The highest BCUT2D eigenvalue weighted by Gasteiger charge is 2.59. The zero-order valence-corrected chi connectivity index (χ0v) is 7.32. The third-order valence-electron chi connectivity index (χ3n) is 4.17. The Kier molecular flexibility index (Phi) is 1.24. The molecule has 0 aliphatic heterocycles. The average Bonchev–Trinajstić information content (AvgIpc) is 2.56. The van der Waals surface area contributed by atoms with E-state index in [2.05, 4.69) is 0 Å². The maximum absolute atomic E-state index is 11.7. The molecule has 0 radical (unpaired) electrons. The van der Waals surface area contributed by atoms with Crippen molar-refractivity contribution in [1.29, 1.82) is 0 Å². The molecule has 4 bridgehead atoms. The molecule has 0 saturated heterocycles. The van der Waals surface area contributed by atoms with Gasteiger partial charge in [-0.3, -0.25) is 4.79 Å². The maximum Gasteiger partial charge on any atom is 0.142 e. The van der Waals surface area contributed by atoms with Gasteiger partial charge in [0.2, 0.25) is 0 Å². The number of methoxy groups -OCH3 is 1. The molecule has 0 heterocycles. The van der Waals surface area contributed by atoms with Crippen LogP contribution < -0.4 is 0 Å². The molecule has 0 aromatic carbocycles. The van der Waals surface area contributed by atoms with Gasteiger partial charge in [-0.15, -0.1) is 0 Å². The van der Waals surface area contributed by atoms with Crippen LogP contribution in [0.15, 0.2) is 0 Å². The minimum atomic E-state index is 0.264. The van der Waals surface area contributed by atoms with Crippen LogP contribution >= 0.6 is 0 Å². The van der Waals surface area contributed by atoms with Gasteiger partial charge in [0, 0.05) is 18.9 Å². The second-order valence-corrected chi connectivity index (χ2v) is 4.54. The maximum atomic E-state index is 11.7. The molecule has 66 valence electrons. The first-order valence-electron chi connectivity index (χ1n) is 4.87. The van der Waals surface area contributed by atoms with Crippen molar-refractivity contribution in [3.63, 3.8) is 0 Å². The summed E-state index contributed by atoms with van der Waals surface area (Å²) in [5.74, 6) is 2.61. The highest BCUT2D eigenvalue weighted by atomic mass is 16.5. The van der Waals surface area contributed by atoms with Gasteiger partial charge >= 0.3 is 0 Å². The third kappa shape index (κ3) is 0.634. The summed E-state index contributed by atoms with van der Waals surface area (Å²) in [7, 11) is 1.75. The van der Waals surface area contributed by atoms with Crippen molar-refractivity contribution < 1.29 is 9.53 Å². The molecule has 4 aliphatic rings. The normalized spacial score (nSPS) is 55.4. The van der Waals surface area contributed by atoms with E-state index in [-0.39, 0.29) is 12.0 Å². The molecule has 0 N–H and O–H groups in total. The highest BCUT2D eigenvalue weighted by Crippen LogP contribution is 2.57. The van der Waals surface area contributed by atoms with Gasteiger partial charge in [-0.2, -0.15) is 0 Å². The summed E-state index contributed by atoms with van der Waals surface area (Å²) in [5, 5.41) is 0. The van der Waals surface area contributed by atoms with E-state index >= 15 is 0 Å². The molecule has 2 nitrogen and oxygen atoms in total. The number of hydrogen-bond acceptors (Lipinski definition) is 2. The number of hydrogen-bond donors (Lipinski definition) is 0. The van der Waals surface area contributed by atoms with Gasteiger partial charge in [-0.1, -0.05) is 0 Å². The van der Waals surface area contributed by atoms with Gasteiger partial charge in [-0.25, -0.2) is 0 Å². The molecule has 1 unspecified atom stereocenters.